The van der Waals surface area contributed by atoms with Crippen LogP contribution >= 0.6 is 0 Å². The first kappa shape index (κ1) is 15.5. The summed E-state index contributed by atoms with van der Waals surface area (Å²) in [5.41, 5.74) is 0.667. The summed E-state index contributed by atoms with van der Waals surface area (Å²) in [4.78, 5) is 14.6. The number of carbonyl (C=O) groups excluding carboxylic acids is 1. The highest BCUT2D eigenvalue weighted by molar-refractivity contribution is 5.76. The van der Waals surface area contributed by atoms with Gasteiger partial charge in [-0.15, -0.1) is 0 Å². The van der Waals surface area contributed by atoms with Gasteiger partial charge in [0.2, 0.25) is 5.91 Å². The molecule has 2 fully saturated rings. The van der Waals surface area contributed by atoms with Crippen LogP contribution in [-0.2, 0) is 11.2 Å². The van der Waals surface area contributed by atoms with E-state index >= 15 is 0 Å². The van der Waals surface area contributed by atoms with Gasteiger partial charge >= 0.3 is 0 Å². The van der Waals surface area contributed by atoms with Gasteiger partial charge in [0, 0.05) is 19.0 Å². The number of rotatable bonds is 6. The summed E-state index contributed by atoms with van der Waals surface area (Å²) in [6.45, 7) is 2.82. The third-order valence-corrected chi connectivity index (χ3v) is 4.86. The highest BCUT2D eigenvalue weighted by Gasteiger charge is 2.32. The lowest BCUT2D eigenvalue weighted by Crippen LogP contribution is -2.37. The van der Waals surface area contributed by atoms with E-state index in [0.29, 0.717) is 30.9 Å². The van der Waals surface area contributed by atoms with Crippen molar-refractivity contribution >= 4 is 5.91 Å². The molecular formula is C18H25FN2O. The van der Waals surface area contributed by atoms with Crippen LogP contribution in [0.2, 0.25) is 0 Å². The Morgan fingerprint density at radius 2 is 1.91 bits per heavy atom. The Balaban J connectivity index is 1.33. The molecule has 1 N–H and O–H groups in total. The molecule has 0 radical (unpaired) electrons. The molecule has 1 saturated carbocycles. The standard InChI is InChI=1S/C18H25FN2O/c19-17-4-2-1-3-15(17)7-10-20-18(22)13-14-8-11-21(12-9-14)16-5-6-16/h1-4,14,16H,5-13H2,(H,20,22). The molecule has 0 aromatic heterocycles. The predicted octanol–water partition coefficient (Wildman–Crippen LogP) is 2.75. The quantitative estimate of drug-likeness (QED) is 0.876. The first-order chi connectivity index (χ1) is 10.7. The second kappa shape index (κ2) is 7.23. The van der Waals surface area contributed by atoms with E-state index in [1.165, 1.54) is 18.9 Å². The van der Waals surface area contributed by atoms with Crippen LogP contribution in [0.1, 0.15) is 37.7 Å². The predicted molar refractivity (Wildman–Crippen MR) is 85.0 cm³/mol. The Kier molecular flexibility index (Phi) is 5.08. The molecule has 3 rings (SSSR count). The van der Waals surface area contributed by atoms with Crippen LogP contribution < -0.4 is 5.32 Å². The molecule has 1 aromatic carbocycles. The largest absolute Gasteiger partial charge is 0.356 e. The van der Waals surface area contributed by atoms with Gasteiger partial charge in [-0.05, 0) is 62.7 Å². The fourth-order valence-corrected chi connectivity index (χ4v) is 3.33. The Bertz CT molecular complexity index is 508. The van der Waals surface area contributed by atoms with Crippen molar-refractivity contribution in [3.63, 3.8) is 0 Å². The van der Waals surface area contributed by atoms with Crippen molar-refractivity contribution in [2.75, 3.05) is 19.6 Å². The number of hydrogen-bond donors (Lipinski definition) is 1. The number of amides is 1. The summed E-state index contributed by atoms with van der Waals surface area (Å²) in [6, 6.07) is 7.59. The van der Waals surface area contributed by atoms with Crippen LogP contribution in [-0.4, -0.2) is 36.5 Å². The number of hydrogen-bond acceptors (Lipinski definition) is 2. The Labute approximate surface area is 131 Å². The van der Waals surface area contributed by atoms with Crippen molar-refractivity contribution in [1.29, 1.82) is 0 Å². The minimum atomic E-state index is -0.191. The first-order valence-corrected chi connectivity index (χ1v) is 8.46. The fraction of sp³-hybridized carbons (Fsp3) is 0.611. The number of likely N-dealkylation sites (tertiary alicyclic amines) is 1. The molecule has 0 bridgehead atoms. The van der Waals surface area contributed by atoms with E-state index in [2.05, 4.69) is 10.2 Å². The molecule has 1 aliphatic carbocycles. The van der Waals surface area contributed by atoms with E-state index < -0.39 is 0 Å². The van der Waals surface area contributed by atoms with Gasteiger partial charge < -0.3 is 10.2 Å². The van der Waals surface area contributed by atoms with Crippen molar-refractivity contribution in [1.82, 2.24) is 10.2 Å². The molecule has 1 amide bonds. The first-order valence-electron chi connectivity index (χ1n) is 8.46. The second-order valence-corrected chi connectivity index (χ2v) is 6.61. The summed E-state index contributed by atoms with van der Waals surface area (Å²) in [5, 5.41) is 2.93. The lowest BCUT2D eigenvalue weighted by Gasteiger charge is -2.31. The summed E-state index contributed by atoms with van der Waals surface area (Å²) in [5.74, 6) is 0.439. The van der Waals surface area contributed by atoms with Gasteiger partial charge in [0.05, 0.1) is 0 Å². The maximum Gasteiger partial charge on any atom is 0.220 e. The average Bonchev–Trinajstić information content (AvgIpc) is 3.35. The summed E-state index contributed by atoms with van der Waals surface area (Å²) in [7, 11) is 0. The van der Waals surface area contributed by atoms with Crippen molar-refractivity contribution in [3.8, 4) is 0 Å². The molecule has 120 valence electrons. The molecule has 1 heterocycles. The number of nitrogens with one attached hydrogen (secondary N) is 1. The molecule has 3 nitrogen and oxygen atoms in total. The molecule has 1 aliphatic heterocycles. The van der Waals surface area contributed by atoms with Crippen LogP contribution in [0.15, 0.2) is 24.3 Å². The van der Waals surface area contributed by atoms with Crippen LogP contribution in [0.3, 0.4) is 0 Å². The third kappa shape index (κ3) is 4.29. The zero-order valence-corrected chi connectivity index (χ0v) is 13.1. The smallest absolute Gasteiger partial charge is 0.220 e. The lowest BCUT2D eigenvalue weighted by atomic mass is 9.93. The van der Waals surface area contributed by atoms with Gasteiger partial charge in [0.15, 0.2) is 0 Å². The average molecular weight is 304 g/mol. The summed E-state index contributed by atoms with van der Waals surface area (Å²) >= 11 is 0. The van der Waals surface area contributed by atoms with Crippen LogP contribution in [0.4, 0.5) is 4.39 Å². The molecule has 1 saturated heterocycles. The summed E-state index contributed by atoms with van der Waals surface area (Å²) < 4.78 is 13.5. The third-order valence-electron chi connectivity index (χ3n) is 4.86. The Morgan fingerprint density at radius 1 is 1.18 bits per heavy atom. The minimum Gasteiger partial charge on any atom is -0.356 e. The number of carbonyl (C=O) groups is 1. The fourth-order valence-electron chi connectivity index (χ4n) is 3.33. The maximum atomic E-state index is 13.5. The molecule has 1 aromatic rings. The van der Waals surface area contributed by atoms with E-state index in [1.807, 2.05) is 6.07 Å². The van der Waals surface area contributed by atoms with Crippen molar-refractivity contribution in [2.24, 2.45) is 5.92 Å². The van der Waals surface area contributed by atoms with E-state index in [-0.39, 0.29) is 11.7 Å². The second-order valence-electron chi connectivity index (χ2n) is 6.61. The number of nitrogens with zero attached hydrogens (tertiary/aromatic N) is 1. The zero-order valence-electron chi connectivity index (χ0n) is 13.1. The molecule has 2 aliphatic rings. The van der Waals surface area contributed by atoms with Gasteiger partial charge in [-0.2, -0.15) is 0 Å². The van der Waals surface area contributed by atoms with E-state index in [0.717, 1.165) is 32.0 Å². The van der Waals surface area contributed by atoms with Crippen molar-refractivity contribution in [3.05, 3.63) is 35.6 Å². The topological polar surface area (TPSA) is 32.3 Å². The van der Waals surface area contributed by atoms with Gasteiger partial charge in [0.25, 0.3) is 0 Å². The molecule has 0 spiro atoms. The van der Waals surface area contributed by atoms with E-state index in [9.17, 15) is 9.18 Å². The van der Waals surface area contributed by atoms with Crippen molar-refractivity contribution < 1.29 is 9.18 Å². The molecule has 22 heavy (non-hydrogen) atoms. The SMILES string of the molecule is O=C(CC1CCN(C2CC2)CC1)NCCc1ccccc1F. The number of piperidine rings is 1. The van der Waals surface area contributed by atoms with Crippen molar-refractivity contribution in [2.45, 2.75) is 44.6 Å². The number of halogens is 1. The minimum absolute atomic E-state index is 0.112. The molecule has 0 atom stereocenters. The monoisotopic (exact) mass is 304 g/mol. The Hall–Kier alpha value is -1.42. The van der Waals surface area contributed by atoms with E-state index in [4.69, 9.17) is 0 Å². The molecule has 0 unspecified atom stereocenters. The van der Waals surface area contributed by atoms with Gasteiger partial charge in [-0.3, -0.25) is 4.79 Å². The van der Waals surface area contributed by atoms with Gasteiger partial charge in [-0.1, -0.05) is 18.2 Å². The maximum absolute atomic E-state index is 13.5. The lowest BCUT2D eigenvalue weighted by molar-refractivity contribution is -0.122. The summed E-state index contributed by atoms with van der Waals surface area (Å²) in [6.07, 6.45) is 6.17. The number of benzene rings is 1. The highest BCUT2D eigenvalue weighted by Crippen LogP contribution is 2.31. The van der Waals surface area contributed by atoms with Crippen LogP contribution in [0.5, 0.6) is 0 Å². The molecule has 4 heteroatoms. The van der Waals surface area contributed by atoms with Gasteiger partial charge in [0.1, 0.15) is 5.82 Å². The zero-order chi connectivity index (χ0) is 15.4. The Morgan fingerprint density at radius 3 is 2.59 bits per heavy atom. The normalized spacial score (nSPS) is 20.0. The van der Waals surface area contributed by atoms with Crippen LogP contribution in [0, 0.1) is 11.7 Å². The van der Waals surface area contributed by atoms with E-state index in [1.54, 1.807) is 12.1 Å². The highest BCUT2D eigenvalue weighted by atomic mass is 19.1. The molecular weight excluding hydrogens is 279 g/mol. The van der Waals surface area contributed by atoms with Gasteiger partial charge in [-0.25, -0.2) is 4.39 Å². The van der Waals surface area contributed by atoms with Crippen LogP contribution in [0.25, 0.3) is 0 Å².